The number of amides is 1. The molecule has 2 N–H and O–H groups in total. The lowest BCUT2D eigenvalue weighted by Crippen LogP contribution is -3.08. The Morgan fingerprint density at radius 2 is 2.14 bits per heavy atom. The van der Waals surface area contributed by atoms with E-state index in [0.717, 1.165) is 45.8 Å². The van der Waals surface area contributed by atoms with Crippen LogP contribution in [0.3, 0.4) is 0 Å². The van der Waals surface area contributed by atoms with Crippen molar-refractivity contribution in [3.63, 3.8) is 0 Å². The maximum absolute atomic E-state index is 12.5. The van der Waals surface area contributed by atoms with E-state index in [9.17, 15) is 4.79 Å². The van der Waals surface area contributed by atoms with Crippen LogP contribution in [0.25, 0.3) is 10.2 Å². The van der Waals surface area contributed by atoms with Gasteiger partial charge in [-0.15, -0.1) is 11.3 Å². The monoisotopic (exact) mass is 431 g/mol. The van der Waals surface area contributed by atoms with Crippen LogP contribution in [0, 0.1) is 6.92 Å². The van der Waals surface area contributed by atoms with Crippen LogP contribution >= 0.6 is 34.9 Å². The lowest BCUT2D eigenvalue weighted by atomic mass is 10.1. The van der Waals surface area contributed by atoms with Crippen molar-refractivity contribution in [3.8, 4) is 0 Å². The fourth-order valence-electron chi connectivity index (χ4n) is 3.39. The third kappa shape index (κ3) is 4.05. The molecular weight excluding hydrogens is 408 g/mol. The van der Waals surface area contributed by atoms with Crippen molar-refractivity contribution >= 4 is 56.7 Å². The van der Waals surface area contributed by atoms with Gasteiger partial charge < -0.3 is 10.2 Å². The number of likely N-dealkylation sites (N-methyl/N-ethyl adjacent to an activating group) is 1. The zero-order chi connectivity index (χ0) is 19.7. The number of thioether (sulfide) groups is 2. The molecule has 8 heteroatoms. The van der Waals surface area contributed by atoms with Crippen LogP contribution in [-0.4, -0.2) is 41.5 Å². The van der Waals surface area contributed by atoms with E-state index in [1.807, 2.05) is 37.4 Å². The third-order valence-electron chi connectivity index (χ3n) is 4.89. The topological polar surface area (TPSA) is 59.3 Å². The van der Waals surface area contributed by atoms with Crippen LogP contribution in [0.2, 0.25) is 0 Å². The Balaban J connectivity index is 1.59. The fraction of sp³-hybridized carbons (Fsp3) is 0.350. The summed E-state index contributed by atoms with van der Waals surface area (Å²) in [7, 11) is 2.23. The highest BCUT2D eigenvalue weighted by atomic mass is 32.2. The van der Waals surface area contributed by atoms with E-state index in [0.29, 0.717) is 5.75 Å². The molecule has 5 nitrogen and oxygen atoms in total. The number of anilines is 1. The van der Waals surface area contributed by atoms with Crippen molar-refractivity contribution in [2.75, 3.05) is 30.9 Å². The first-order chi connectivity index (χ1) is 13.5. The second-order valence-electron chi connectivity index (χ2n) is 6.99. The first kappa shape index (κ1) is 19.7. The Morgan fingerprint density at radius 1 is 1.32 bits per heavy atom. The number of hydrogen-bond donors (Lipinski definition) is 2. The average molecular weight is 432 g/mol. The molecule has 4 rings (SSSR count). The van der Waals surface area contributed by atoms with Crippen molar-refractivity contribution < 1.29 is 9.69 Å². The standard InChI is InChI=1S/C20H22N4OS3/c1-12-6-4-5-7-14(12)21-16(25)11-27-18-17-13-8-9-24(2)10-15(13)28-19(17)23-20(22-18)26-3/h4-7H,8-11H2,1-3H3,(H,21,25)/p+1. The summed E-state index contributed by atoms with van der Waals surface area (Å²) in [5.41, 5.74) is 3.32. The predicted molar refractivity (Wildman–Crippen MR) is 119 cm³/mol. The molecule has 3 aromatic rings. The van der Waals surface area contributed by atoms with Gasteiger partial charge >= 0.3 is 0 Å². The van der Waals surface area contributed by atoms with Gasteiger partial charge in [0.15, 0.2) is 5.16 Å². The SMILES string of the molecule is CSc1nc(SCC(=O)Nc2ccccc2C)c2c3c(sc2n1)C[NH+](C)CC3. The van der Waals surface area contributed by atoms with Crippen molar-refractivity contribution in [3.05, 3.63) is 40.3 Å². The van der Waals surface area contributed by atoms with Crippen molar-refractivity contribution in [1.29, 1.82) is 0 Å². The smallest absolute Gasteiger partial charge is 0.234 e. The molecule has 1 atom stereocenters. The number of carbonyl (C=O) groups excluding carboxylic acids is 1. The van der Waals surface area contributed by atoms with Crippen LogP contribution < -0.4 is 10.2 Å². The van der Waals surface area contributed by atoms with Gasteiger partial charge in [0.2, 0.25) is 5.91 Å². The van der Waals surface area contributed by atoms with Gasteiger partial charge in [0.05, 0.1) is 24.2 Å². The molecule has 1 aromatic carbocycles. The van der Waals surface area contributed by atoms with Crippen molar-refractivity contribution in [2.24, 2.45) is 0 Å². The number of benzene rings is 1. The van der Waals surface area contributed by atoms with Gasteiger partial charge in [-0.05, 0) is 30.4 Å². The molecule has 2 aromatic heterocycles. The zero-order valence-corrected chi connectivity index (χ0v) is 18.6. The molecule has 0 aliphatic carbocycles. The maximum Gasteiger partial charge on any atom is 0.234 e. The number of aromatic nitrogens is 2. The number of thiophene rings is 1. The molecule has 146 valence electrons. The summed E-state index contributed by atoms with van der Waals surface area (Å²) in [5, 5.41) is 5.88. The van der Waals surface area contributed by atoms with Gasteiger partial charge in [-0.3, -0.25) is 4.79 Å². The number of carbonyl (C=O) groups is 1. The molecule has 0 saturated heterocycles. The number of fused-ring (bicyclic) bond motifs is 3. The fourth-order valence-corrected chi connectivity index (χ4v) is 6.12. The summed E-state index contributed by atoms with van der Waals surface area (Å²) >= 11 is 4.85. The Hall–Kier alpha value is -1.61. The van der Waals surface area contributed by atoms with E-state index in [1.54, 1.807) is 23.1 Å². The molecule has 1 amide bonds. The minimum absolute atomic E-state index is 0.00922. The first-order valence-electron chi connectivity index (χ1n) is 9.21. The lowest BCUT2D eigenvalue weighted by molar-refractivity contribution is -0.895. The second kappa shape index (κ2) is 8.41. The van der Waals surface area contributed by atoms with Crippen LogP contribution in [-0.2, 0) is 17.8 Å². The number of rotatable bonds is 5. The number of nitrogens with one attached hydrogen (secondary N) is 2. The Morgan fingerprint density at radius 3 is 2.93 bits per heavy atom. The first-order valence-corrected chi connectivity index (χ1v) is 12.2. The third-order valence-corrected chi connectivity index (χ3v) is 7.54. The number of hydrogen-bond acceptors (Lipinski definition) is 6. The van der Waals surface area contributed by atoms with Gasteiger partial charge in [0.1, 0.15) is 16.4 Å². The van der Waals surface area contributed by atoms with E-state index in [4.69, 9.17) is 9.97 Å². The van der Waals surface area contributed by atoms with Crippen LogP contribution in [0.5, 0.6) is 0 Å². The molecule has 1 aliphatic rings. The number of aryl methyl sites for hydroxylation is 1. The molecular formula is C20H23N4OS3+. The summed E-state index contributed by atoms with van der Waals surface area (Å²) in [6, 6.07) is 7.84. The van der Waals surface area contributed by atoms with Gasteiger partial charge in [-0.1, -0.05) is 41.7 Å². The van der Waals surface area contributed by atoms with Gasteiger partial charge in [0.25, 0.3) is 0 Å². The molecule has 1 aliphatic heterocycles. The number of nitrogens with zero attached hydrogens (tertiary/aromatic N) is 2. The molecule has 1 unspecified atom stereocenters. The average Bonchev–Trinajstić information content (AvgIpc) is 3.05. The Labute approximate surface area is 177 Å². The van der Waals surface area contributed by atoms with Gasteiger partial charge in [-0.25, -0.2) is 9.97 Å². The van der Waals surface area contributed by atoms with E-state index >= 15 is 0 Å². The predicted octanol–water partition coefficient (Wildman–Crippen LogP) is 3.02. The minimum atomic E-state index is -0.00922. The summed E-state index contributed by atoms with van der Waals surface area (Å²) in [6.45, 7) is 4.17. The minimum Gasteiger partial charge on any atom is -0.333 e. The van der Waals surface area contributed by atoms with E-state index in [2.05, 4.69) is 12.4 Å². The van der Waals surface area contributed by atoms with E-state index < -0.39 is 0 Å². The molecule has 28 heavy (non-hydrogen) atoms. The molecule has 0 saturated carbocycles. The van der Waals surface area contributed by atoms with Crippen LogP contribution in [0.15, 0.2) is 34.4 Å². The highest BCUT2D eigenvalue weighted by Gasteiger charge is 2.25. The highest BCUT2D eigenvalue weighted by molar-refractivity contribution is 8.00. The maximum atomic E-state index is 12.5. The largest absolute Gasteiger partial charge is 0.333 e. The number of quaternary nitrogens is 1. The summed E-state index contributed by atoms with van der Waals surface area (Å²) in [5.74, 6) is 0.328. The second-order valence-corrected chi connectivity index (χ2v) is 9.81. The molecule has 0 bridgehead atoms. The quantitative estimate of drug-likeness (QED) is 0.369. The lowest BCUT2D eigenvalue weighted by Gasteiger charge is -2.19. The normalized spacial score (nSPS) is 16.2. The summed E-state index contributed by atoms with van der Waals surface area (Å²) < 4.78 is 0. The van der Waals surface area contributed by atoms with Crippen molar-refractivity contribution in [1.82, 2.24) is 9.97 Å². The summed E-state index contributed by atoms with van der Waals surface area (Å²) in [6.07, 6.45) is 3.04. The van der Waals surface area contributed by atoms with E-state index in [1.165, 1.54) is 32.5 Å². The van der Waals surface area contributed by atoms with Crippen LogP contribution in [0.4, 0.5) is 5.69 Å². The van der Waals surface area contributed by atoms with E-state index in [-0.39, 0.29) is 5.91 Å². The Bertz CT molecular complexity index is 1030. The molecule has 0 fully saturated rings. The zero-order valence-electron chi connectivity index (χ0n) is 16.2. The van der Waals surface area contributed by atoms with Gasteiger partial charge in [0, 0.05) is 17.5 Å². The van der Waals surface area contributed by atoms with Gasteiger partial charge in [-0.2, -0.15) is 0 Å². The number of para-hydroxylation sites is 1. The van der Waals surface area contributed by atoms with Crippen molar-refractivity contribution in [2.45, 2.75) is 30.1 Å². The Kier molecular flexibility index (Phi) is 5.91. The molecule has 0 radical (unpaired) electrons. The highest BCUT2D eigenvalue weighted by Crippen LogP contribution is 2.38. The molecule has 0 spiro atoms. The molecule has 3 heterocycles. The summed E-state index contributed by atoms with van der Waals surface area (Å²) in [4.78, 5) is 26.0. The van der Waals surface area contributed by atoms with Crippen LogP contribution in [0.1, 0.15) is 16.0 Å².